The normalized spacial score (nSPS) is 12.9. The molecule has 0 spiro atoms. The molecule has 6 heterocycles. The minimum absolute atomic E-state index is 0.248. The Balaban J connectivity index is 0.864. The number of ether oxygens (including phenoxy) is 1. The van der Waals surface area contributed by atoms with Crippen molar-refractivity contribution < 1.29 is 4.74 Å². The molecular weight excluding hydrogens is 1320 g/mol. The monoisotopic (exact) mass is 1390 g/mol. The van der Waals surface area contributed by atoms with Crippen molar-refractivity contribution in [3.63, 3.8) is 0 Å². The second-order valence-corrected chi connectivity index (χ2v) is 29.9. The van der Waals surface area contributed by atoms with E-state index in [2.05, 4.69) is 395 Å². The third-order valence-corrected chi connectivity index (χ3v) is 24.3. The summed E-state index contributed by atoms with van der Waals surface area (Å²) in [4.78, 5) is 12.7. The van der Waals surface area contributed by atoms with E-state index in [1.807, 2.05) is 22.7 Å². The first kappa shape index (κ1) is 60.5. The molecule has 0 unspecified atom stereocenters. The maximum Gasteiger partial charge on any atom is 0.256 e. The summed E-state index contributed by atoms with van der Waals surface area (Å²) in [6, 6.07) is 137. The van der Waals surface area contributed by atoms with Gasteiger partial charge in [0.25, 0.3) is 13.4 Å². The Morgan fingerprint density at radius 2 is 0.670 bits per heavy atom. The largest absolute Gasteiger partial charge is 0.458 e. The Labute approximate surface area is 623 Å². The van der Waals surface area contributed by atoms with Gasteiger partial charge in [-0.1, -0.05) is 243 Å². The zero-order valence-electron chi connectivity index (χ0n) is 57.3. The third kappa shape index (κ3) is 9.31. The molecule has 0 saturated carbocycles. The number of fused-ring (bicyclic) bond motifs is 14. The van der Waals surface area contributed by atoms with E-state index in [1.165, 1.54) is 62.2 Å². The Bertz CT molecular complexity index is 6500. The fraction of sp³-hybridized carbons (Fsp3) is 0. The minimum atomic E-state index is -0.261. The van der Waals surface area contributed by atoms with Crippen LogP contribution < -0.4 is 62.0 Å². The highest BCUT2D eigenvalue weighted by Crippen LogP contribution is 2.56. The molecule has 494 valence electrons. The van der Waals surface area contributed by atoms with Gasteiger partial charge in [-0.3, -0.25) is 0 Å². The highest BCUT2D eigenvalue weighted by atomic mass is 32.1. The molecule has 0 aliphatic carbocycles. The quantitative estimate of drug-likeness (QED) is 0.120. The lowest BCUT2D eigenvalue weighted by molar-refractivity contribution is 0.488. The summed E-state index contributed by atoms with van der Waals surface area (Å²) in [5.74, 6) is 1.61. The van der Waals surface area contributed by atoms with E-state index in [1.54, 1.807) is 0 Å². The highest BCUT2D eigenvalue weighted by molar-refractivity contribution is 7.26. The molecule has 0 bridgehead atoms. The predicted molar refractivity (Wildman–Crippen MR) is 452 cm³/mol. The molecule has 4 aliphatic rings. The van der Waals surface area contributed by atoms with Gasteiger partial charge in [-0.2, -0.15) is 0 Å². The molecule has 4 aliphatic heterocycles. The Kier molecular flexibility index (Phi) is 13.8. The summed E-state index contributed by atoms with van der Waals surface area (Å²) < 4.78 is 13.1. The maximum absolute atomic E-state index is 8.10. The van der Waals surface area contributed by atoms with Gasteiger partial charge in [-0.25, -0.2) is 0 Å². The van der Waals surface area contributed by atoms with Crippen molar-refractivity contribution >= 4 is 195 Å². The van der Waals surface area contributed by atoms with Crippen LogP contribution in [0.1, 0.15) is 0 Å². The van der Waals surface area contributed by atoms with Gasteiger partial charge in [0, 0.05) is 120 Å². The number of hydrogen-bond acceptors (Lipinski definition) is 8. The number of para-hydroxylation sites is 7. The summed E-state index contributed by atoms with van der Waals surface area (Å²) in [5.41, 5.74) is 27.6. The number of benzene rings is 16. The molecule has 16 aromatic carbocycles. The SMILES string of the molecule is c1ccc(-c2cccc(-c3ccccc3)c2N2c3cc4c(cc3B3c5ccccc5N(c5ccccc5)c5cc(N(c6ccccc6)c6cccc7sc8ccccc8c67)cc2c53)B2c3ccccc3N(c3ccccc3)c3cc(N(c5ccccc5)c5cccc6sc7ccccc7c56)cc(c32)O4)cc1. The van der Waals surface area contributed by atoms with Gasteiger partial charge in [0.15, 0.2) is 0 Å². The van der Waals surface area contributed by atoms with Gasteiger partial charge in [0.05, 0.1) is 28.4 Å². The van der Waals surface area contributed by atoms with E-state index in [4.69, 9.17) is 4.74 Å². The number of hydrogen-bond donors (Lipinski definition) is 0. The Morgan fingerprint density at radius 3 is 1.19 bits per heavy atom. The molecule has 0 amide bonds. The lowest BCUT2D eigenvalue weighted by Crippen LogP contribution is -2.64. The highest BCUT2D eigenvalue weighted by Gasteiger charge is 2.49. The number of thiophene rings is 2. The number of anilines is 15. The fourth-order valence-electron chi connectivity index (χ4n) is 17.7. The molecule has 106 heavy (non-hydrogen) atoms. The zero-order chi connectivity index (χ0) is 69.5. The van der Waals surface area contributed by atoms with Crippen LogP contribution in [0, 0.1) is 0 Å². The van der Waals surface area contributed by atoms with Gasteiger partial charge in [-0.05, 0) is 159 Å². The first-order valence-electron chi connectivity index (χ1n) is 36.3. The molecule has 2 aromatic heterocycles. The summed E-state index contributed by atoms with van der Waals surface area (Å²) in [7, 11) is 0. The van der Waals surface area contributed by atoms with E-state index in [0.29, 0.717) is 0 Å². The Morgan fingerprint density at radius 1 is 0.264 bits per heavy atom. The summed E-state index contributed by atoms with van der Waals surface area (Å²) in [6.45, 7) is -0.509. The molecule has 10 heteroatoms. The summed E-state index contributed by atoms with van der Waals surface area (Å²) >= 11 is 3.70. The van der Waals surface area contributed by atoms with Crippen molar-refractivity contribution in [2.75, 3.05) is 24.5 Å². The average molecular weight is 1390 g/mol. The number of rotatable bonds is 11. The van der Waals surface area contributed by atoms with Crippen molar-refractivity contribution in [3.8, 4) is 33.8 Å². The standard InChI is InChI=1S/C96H61B2N5OS2/c1-7-30-62(31-8-1)70-44-27-45-71(63-32-9-2-10-33-63)96(70)103-82-61-86-77(98-75-47-22-24-49-79(75)102(67-40-17-6-18-41-67)85-58-69(59-87(104-86)95(85)98)100(65-36-13-4-14-37-65)81-51-29-55-91-93(81)73-43-20-26-53-89(73)106-91)60-76(82)97-74-46-21-23-48-78(74)101(66-38-15-5-16-39-66)83-56-68(57-84(103)94(83)97)99(64-34-11-3-12-35-64)80-50-28-54-90-92(80)72-42-19-25-52-88(72)105-90/h1-61H. The summed E-state index contributed by atoms with van der Waals surface area (Å²) in [5, 5.41) is 4.91. The first-order chi connectivity index (χ1) is 52.6. The third-order valence-electron chi connectivity index (χ3n) is 22.0. The van der Waals surface area contributed by atoms with Crippen molar-refractivity contribution in [2.45, 2.75) is 0 Å². The van der Waals surface area contributed by atoms with Crippen LogP contribution in [0.25, 0.3) is 62.6 Å². The Hall–Kier alpha value is -13.1. The second kappa shape index (κ2) is 24.3. The van der Waals surface area contributed by atoms with Crippen LogP contribution in [0.5, 0.6) is 11.5 Å². The molecule has 6 nitrogen and oxygen atoms in total. The topological polar surface area (TPSA) is 25.4 Å². The second-order valence-electron chi connectivity index (χ2n) is 27.8. The van der Waals surface area contributed by atoms with Crippen LogP contribution in [-0.2, 0) is 0 Å². The van der Waals surface area contributed by atoms with Gasteiger partial charge in [-0.15, -0.1) is 22.7 Å². The number of nitrogens with zero attached hydrogens (tertiary/aromatic N) is 5. The van der Waals surface area contributed by atoms with Crippen LogP contribution in [0.3, 0.4) is 0 Å². The lowest BCUT2D eigenvalue weighted by Gasteiger charge is -2.46. The van der Waals surface area contributed by atoms with E-state index in [-0.39, 0.29) is 13.4 Å². The van der Waals surface area contributed by atoms with Crippen molar-refractivity contribution in [3.05, 3.63) is 370 Å². The van der Waals surface area contributed by atoms with Gasteiger partial charge < -0.3 is 29.2 Å². The van der Waals surface area contributed by atoms with E-state index in [9.17, 15) is 0 Å². The van der Waals surface area contributed by atoms with Crippen LogP contribution in [0.4, 0.5) is 85.3 Å². The maximum atomic E-state index is 8.10. The van der Waals surface area contributed by atoms with Crippen molar-refractivity contribution in [1.29, 1.82) is 0 Å². The van der Waals surface area contributed by atoms with Crippen LogP contribution in [-0.4, -0.2) is 13.4 Å². The predicted octanol–water partition coefficient (Wildman–Crippen LogP) is 23.2. The minimum Gasteiger partial charge on any atom is -0.458 e. The van der Waals surface area contributed by atoms with Crippen LogP contribution in [0.15, 0.2) is 370 Å². The van der Waals surface area contributed by atoms with Gasteiger partial charge >= 0.3 is 0 Å². The van der Waals surface area contributed by atoms with E-state index >= 15 is 0 Å². The van der Waals surface area contributed by atoms with Crippen LogP contribution in [0.2, 0.25) is 0 Å². The van der Waals surface area contributed by atoms with E-state index in [0.717, 1.165) is 130 Å². The molecule has 0 radical (unpaired) electrons. The van der Waals surface area contributed by atoms with Gasteiger partial charge in [0.2, 0.25) is 0 Å². The van der Waals surface area contributed by atoms with Crippen molar-refractivity contribution in [2.24, 2.45) is 0 Å². The molecule has 0 saturated heterocycles. The smallest absolute Gasteiger partial charge is 0.256 e. The molecule has 0 N–H and O–H groups in total. The van der Waals surface area contributed by atoms with Crippen LogP contribution >= 0.6 is 22.7 Å². The summed E-state index contributed by atoms with van der Waals surface area (Å²) in [6.07, 6.45) is 0. The van der Waals surface area contributed by atoms with Crippen molar-refractivity contribution in [1.82, 2.24) is 0 Å². The molecule has 0 atom stereocenters. The molecule has 0 fully saturated rings. The average Bonchev–Trinajstić information content (AvgIpc) is 0.812. The lowest BCUT2D eigenvalue weighted by atomic mass is 9.30. The fourth-order valence-corrected chi connectivity index (χ4v) is 20.0. The first-order valence-corrected chi connectivity index (χ1v) is 37.9. The molecule has 18 aromatic rings. The van der Waals surface area contributed by atoms with E-state index < -0.39 is 0 Å². The van der Waals surface area contributed by atoms with Gasteiger partial charge in [0.1, 0.15) is 11.5 Å². The zero-order valence-corrected chi connectivity index (χ0v) is 59.0. The molecular formula is C96H61B2N5OS2. The molecule has 22 rings (SSSR count).